The van der Waals surface area contributed by atoms with Crippen molar-refractivity contribution in [3.8, 4) is 0 Å². The molecule has 0 amide bonds. The van der Waals surface area contributed by atoms with E-state index < -0.39 is 5.97 Å². The Balaban J connectivity index is 0. The predicted molar refractivity (Wildman–Crippen MR) is 94.4 cm³/mol. The fraction of sp³-hybridized carbons (Fsp3) is 0.944. The molecule has 1 N–H and O–H groups in total. The molecule has 0 fully saturated rings. The van der Waals surface area contributed by atoms with Crippen molar-refractivity contribution >= 4 is 18.4 Å². The average Bonchev–Trinajstić information content (AvgIpc) is 2.38. The molecule has 0 atom stereocenters. The topological polar surface area (TPSA) is 37.3 Å². The Morgan fingerprint density at radius 3 is 1.38 bits per heavy atom. The second-order valence-electron chi connectivity index (χ2n) is 6.57. The Kier molecular flexibility index (Phi) is 19.5. The lowest BCUT2D eigenvalue weighted by atomic mass is 10.0. The van der Waals surface area contributed by atoms with Gasteiger partial charge in [-0.1, -0.05) is 90.9 Å². The Bertz CT molecular complexity index is 217. The van der Waals surface area contributed by atoms with Crippen molar-refractivity contribution in [1.82, 2.24) is 0 Å². The van der Waals surface area contributed by atoms with E-state index in [9.17, 15) is 4.79 Å². The van der Waals surface area contributed by atoms with E-state index in [1.54, 1.807) is 0 Å². The number of hydrogen-bond acceptors (Lipinski definition) is 1. The Morgan fingerprint density at radius 2 is 1.05 bits per heavy atom. The summed E-state index contributed by atoms with van der Waals surface area (Å²) in [4.78, 5) is 10.3. The maximum atomic E-state index is 10.3. The van der Waals surface area contributed by atoms with Gasteiger partial charge in [-0.2, -0.15) is 0 Å². The van der Waals surface area contributed by atoms with Gasteiger partial charge in [0, 0.05) is 6.42 Å². The molecule has 0 heterocycles. The molecule has 0 saturated heterocycles. The molecule has 128 valence electrons. The van der Waals surface area contributed by atoms with Crippen LogP contribution in [-0.4, -0.2) is 11.1 Å². The summed E-state index contributed by atoms with van der Waals surface area (Å²) in [6.07, 6.45) is 17.3. The second-order valence-corrected chi connectivity index (χ2v) is 6.57. The third kappa shape index (κ3) is 22.2. The van der Waals surface area contributed by atoms with Gasteiger partial charge in [0.1, 0.15) is 0 Å². The maximum absolute atomic E-state index is 10.3. The number of halogens is 1. The Hall–Kier alpha value is -0.240. The van der Waals surface area contributed by atoms with E-state index in [1.807, 2.05) is 0 Å². The van der Waals surface area contributed by atoms with E-state index in [-0.39, 0.29) is 12.4 Å². The fourth-order valence-corrected chi connectivity index (χ4v) is 2.60. The second kappa shape index (κ2) is 17.8. The summed E-state index contributed by atoms with van der Waals surface area (Å²) in [6, 6.07) is 0. The van der Waals surface area contributed by atoms with Crippen LogP contribution in [0.4, 0.5) is 0 Å². The third-order valence-corrected chi connectivity index (χ3v) is 3.92. The van der Waals surface area contributed by atoms with Gasteiger partial charge in [-0.05, 0) is 12.3 Å². The molecule has 0 bridgehead atoms. The standard InChI is InChI=1S/C18H36O2.ClH/c1-17(2)15-13-11-9-7-5-3-4-6-8-10-12-14-16-18(19)20;/h17H,3-16H2,1-2H3,(H,19,20);1H. The largest absolute Gasteiger partial charge is 0.481 e. The van der Waals surface area contributed by atoms with Gasteiger partial charge in [0.05, 0.1) is 0 Å². The van der Waals surface area contributed by atoms with Gasteiger partial charge in [0.2, 0.25) is 0 Å². The van der Waals surface area contributed by atoms with Crippen molar-refractivity contribution in [2.24, 2.45) is 5.92 Å². The summed E-state index contributed by atoms with van der Waals surface area (Å²) in [5.41, 5.74) is 0. The highest BCUT2D eigenvalue weighted by Gasteiger charge is 1.97. The van der Waals surface area contributed by atoms with Gasteiger partial charge >= 0.3 is 5.97 Å². The molecule has 0 unspecified atom stereocenters. The van der Waals surface area contributed by atoms with E-state index >= 15 is 0 Å². The Labute approximate surface area is 138 Å². The zero-order valence-electron chi connectivity index (χ0n) is 14.2. The fourth-order valence-electron chi connectivity index (χ4n) is 2.60. The first-order valence-corrected chi connectivity index (χ1v) is 8.84. The molecule has 0 aromatic rings. The number of rotatable bonds is 15. The van der Waals surface area contributed by atoms with Crippen LogP contribution in [0.5, 0.6) is 0 Å². The summed E-state index contributed by atoms with van der Waals surface area (Å²) in [5, 5.41) is 8.52. The number of carboxylic acids is 1. The van der Waals surface area contributed by atoms with Crippen LogP contribution in [0.15, 0.2) is 0 Å². The van der Waals surface area contributed by atoms with Gasteiger partial charge in [-0.3, -0.25) is 4.79 Å². The summed E-state index contributed by atoms with van der Waals surface area (Å²) in [7, 11) is 0. The van der Waals surface area contributed by atoms with Gasteiger partial charge in [0.25, 0.3) is 0 Å². The van der Waals surface area contributed by atoms with Crippen molar-refractivity contribution in [3.63, 3.8) is 0 Å². The minimum Gasteiger partial charge on any atom is -0.481 e. The summed E-state index contributed by atoms with van der Waals surface area (Å²) in [6.45, 7) is 4.61. The molecule has 0 aliphatic rings. The SMILES string of the molecule is CC(C)CCCCCCCCCCCCCCC(=O)O.Cl. The van der Waals surface area contributed by atoms with Gasteiger partial charge in [0.15, 0.2) is 0 Å². The molecular weight excluding hydrogens is 284 g/mol. The van der Waals surface area contributed by atoms with Crippen LogP contribution >= 0.6 is 12.4 Å². The van der Waals surface area contributed by atoms with Gasteiger partial charge in [-0.15, -0.1) is 12.4 Å². The molecule has 0 radical (unpaired) electrons. The number of carbonyl (C=O) groups is 1. The number of carboxylic acid groups (broad SMARTS) is 1. The lowest BCUT2D eigenvalue weighted by Gasteiger charge is -2.04. The minimum atomic E-state index is -0.654. The molecular formula is C18H37ClO2. The average molecular weight is 321 g/mol. The third-order valence-electron chi connectivity index (χ3n) is 3.92. The van der Waals surface area contributed by atoms with E-state index in [4.69, 9.17) is 5.11 Å². The molecule has 0 aliphatic carbocycles. The highest BCUT2D eigenvalue weighted by Crippen LogP contribution is 2.14. The van der Waals surface area contributed by atoms with Crippen molar-refractivity contribution in [1.29, 1.82) is 0 Å². The number of aliphatic carboxylic acids is 1. The zero-order chi connectivity index (χ0) is 15.1. The Morgan fingerprint density at radius 1 is 0.714 bits per heavy atom. The first-order chi connectivity index (χ1) is 9.63. The molecule has 2 nitrogen and oxygen atoms in total. The first kappa shape index (κ1) is 23.0. The van der Waals surface area contributed by atoms with Crippen LogP contribution in [0.25, 0.3) is 0 Å². The van der Waals surface area contributed by atoms with Crippen LogP contribution in [0.3, 0.4) is 0 Å². The van der Waals surface area contributed by atoms with Crippen molar-refractivity contribution in [2.45, 2.75) is 104 Å². The van der Waals surface area contributed by atoms with Crippen LogP contribution in [0.2, 0.25) is 0 Å². The predicted octanol–water partition coefficient (Wildman–Crippen LogP) is 6.61. The van der Waals surface area contributed by atoms with Gasteiger partial charge < -0.3 is 5.11 Å². The monoisotopic (exact) mass is 320 g/mol. The molecule has 0 spiro atoms. The molecule has 3 heteroatoms. The normalized spacial score (nSPS) is 10.6. The molecule has 0 aromatic heterocycles. The summed E-state index contributed by atoms with van der Waals surface area (Å²) in [5.74, 6) is 0.212. The highest BCUT2D eigenvalue weighted by atomic mass is 35.5. The smallest absolute Gasteiger partial charge is 0.303 e. The molecule has 21 heavy (non-hydrogen) atoms. The number of hydrogen-bond donors (Lipinski definition) is 1. The molecule has 0 aliphatic heterocycles. The molecule has 0 aromatic carbocycles. The lowest BCUT2D eigenvalue weighted by Crippen LogP contribution is -1.93. The van der Waals surface area contributed by atoms with E-state index in [1.165, 1.54) is 70.6 Å². The summed E-state index contributed by atoms with van der Waals surface area (Å²) >= 11 is 0. The van der Waals surface area contributed by atoms with Crippen LogP contribution in [-0.2, 0) is 4.79 Å². The molecule has 0 saturated carbocycles. The van der Waals surface area contributed by atoms with Gasteiger partial charge in [-0.25, -0.2) is 0 Å². The van der Waals surface area contributed by atoms with E-state index in [2.05, 4.69) is 13.8 Å². The summed E-state index contributed by atoms with van der Waals surface area (Å²) < 4.78 is 0. The van der Waals surface area contributed by atoms with Crippen LogP contribution in [0, 0.1) is 5.92 Å². The van der Waals surface area contributed by atoms with Crippen LogP contribution in [0.1, 0.15) is 104 Å². The van der Waals surface area contributed by atoms with E-state index in [0.29, 0.717) is 6.42 Å². The van der Waals surface area contributed by atoms with Crippen LogP contribution < -0.4 is 0 Å². The molecule has 0 rings (SSSR count). The van der Waals surface area contributed by atoms with Crippen molar-refractivity contribution in [2.75, 3.05) is 0 Å². The quantitative estimate of drug-likeness (QED) is 0.345. The van der Waals surface area contributed by atoms with E-state index in [0.717, 1.165) is 18.8 Å². The van der Waals surface area contributed by atoms with Crippen molar-refractivity contribution < 1.29 is 9.90 Å². The first-order valence-electron chi connectivity index (χ1n) is 8.84. The zero-order valence-corrected chi connectivity index (χ0v) is 15.1. The maximum Gasteiger partial charge on any atom is 0.303 e. The minimum absolute atomic E-state index is 0. The highest BCUT2D eigenvalue weighted by molar-refractivity contribution is 5.85. The number of unbranched alkanes of at least 4 members (excludes halogenated alkanes) is 11. The lowest BCUT2D eigenvalue weighted by molar-refractivity contribution is -0.137. The van der Waals surface area contributed by atoms with Crippen molar-refractivity contribution in [3.05, 3.63) is 0 Å².